The Hall–Kier alpha value is -2.68. The van der Waals surface area contributed by atoms with Gasteiger partial charge in [-0.2, -0.15) is 0 Å². The van der Waals surface area contributed by atoms with Gasteiger partial charge in [0.1, 0.15) is 0 Å². The molecule has 2 unspecified atom stereocenters. The van der Waals surface area contributed by atoms with E-state index in [0.29, 0.717) is 29.0 Å². The number of hydrogen-bond acceptors (Lipinski definition) is 6. The number of benzene rings is 1. The number of hydrogen-bond donors (Lipinski definition) is 3. The van der Waals surface area contributed by atoms with Gasteiger partial charge in [-0.15, -0.1) is 0 Å². The van der Waals surface area contributed by atoms with Crippen molar-refractivity contribution in [2.24, 2.45) is 5.92 Å². The second-order valence-electron chi connectivity index (χ2n) is 12.8. The first-order chi connectivity index (χ1) is 19.6. The molecule has 2 aromatic rings. The summed E-state index contributed by atoms with van der Waals surface area (Å²) in [5.41, 5.74) is 6.06. The molecule has 3 N–H and O–H groups in total. The Labute approximate surface area is 244 Å². The Morgan fingerprint density at radius 2 is 1.93 bits per heavy atom. The molecule has 3 aliphatic rings. The molecule has 3 heterocycles. The largest absolute Gasteiger partial charge is 0.381 e. The highest BCUT2D eigenvalue weighted by atomic mass is 16.5. The van der Waals surface area contributed by atoms with Crippen LogP contribution < -0.4 is 21.1 Å². The van der Waals surface area contributed by atoms with Gasteiger partial charge < -0.3 is 30.0 Å². The number of morpholine rings is 1. The van der Waals surface area contributed by atoms with E-state index in [2.05, 4.69) is 60.3 Å². The van der Waals surface area contributed by atoms with Gasteiger partial charge in [-0.3, -0.25) is 9.59 Å². The van der Waals surface area contributed by atoms with Crippen molar-refractivity contribution in [1.82, 2.24) is 15.6 Å². The van der Waals surface area contributed by atoms with E-state index in [1.807, 2.05) is 19.9 Å². The molecule has 1 saturated carbocycles. The van der Waals surface area contributed by atoms with Crippen LogP contribution in [-0.2, 0) is 16.0 Å². The summed E-state index contributed by atoms with van der Waals surface area (Å²) in [6, 6.07) is 6.79. The van der Waals surface area contributed by atoms with Crippen LogP contribution in [0.25, 0.3) is 0 Å². The van der Waals surface area contributed by atoms with Crippen molar-refractivity contribution in [1.29, 1.82) is 0 Å². The number of aromatic amines is 1. The predicted molar refractivity (Wildman–Crippen MR) is 163 cm³/mol. The lowest BCUT2D eigenvalue weighted by atomic mass is 9.92. The van der Waals surface area contributed by atoms with Crippen LogP contribution in [0.1, 0.15) is 90.7 Å². The molecule has 2 saturated heterocycles. The molecule has 224 valence electrons. The van der Waals surface area contributed by atoms with Crippen LogP contribution in [0.2, 0.25) is 0 Å². The average molecular weight is 565 g/mol. The number of amides is 1. The van der Waals surface area contributed by atoms with Gasteiger partial charge in [-0.25, -0.2) is 0 Å². The van der Waals surface area contributed by atoms with Crippen molar-refractivity contribution in [3.05, 3.63) is 62.1 Å². The van der Waals surface area contributed by atoms with E-state index in [9.17, 15) is 9.59 Å². The standard InChI is InChI=1S/C33H48N4O4/c1-7-37(26-8-10-40-11-9-26)30-15-24(28-14-25(28)16-33(6)19-34-17-22(4)41-33)13-27(23(30)5)31(38)35-18-29-20(2)12-21(3)36-32(29)39/h12-13,15,22,25-26,28,34H,7-11,14,16-19H2,1-6H3,(H,35,38)(H,36,39)/t22-,25?,28?,33+/m1/s1. The highest BCUT2D eigenvalue weighted by Gasteiger charge is 2.45. The molecule has 0 radical (unpaired) electrons. The Morgan fingerprint density at radius 1 is 1.17 bits per heavy atom. The van der Waals surface area contributed by atoms with Gasteiger partial charge in [-0.1, -0.05) is 0 Å². The first-order valence-corrected chi connectivity index (χ1v) is 15.4. The van der Waals surface area contributed by atoms with Crippen LogP contribution in [0, 0.1) is 26.7 Å². The fourth-order valence-corrected chi connectivity index (χ4v) is 7.12. The number of H-pyrrole nitrogens is 1. The van der Waals surface area contributed by atoms with E-state index in [4.69, 9.17) is 9.47 Å². The maximum absolute atomic E-state index is 13.8. The van der Waals surface area contributed by atoms with Crippen molar-refractivity contribution in [2.75, 3.05) is 37.7 Å². The fraction of sp³-hybridized carbons (Fsp3) is 0.636. The van der Waals surface area contributed by atoms with Gasteiger partial charge in [0.15, 0.2) is 0 Å². The zero-order valence-corrected chi connectivity index (χ0v) is 25.7. The van der Waals surface area contributed by atoms with Crippen molar-refractivity contribution in [3.63, 3.8) is 0 Å². The Balaban J connectivity index is 1.42. The highest BCUT2D eigenvalue weighted by molar-refractivity contribution is 5.97. The normalized spacial score (nSPS) is 26.5. The first kappa shape index (κ1) is 29.8. The number of ether oxygens (including phenoxy) is 2. The maximum atomic E-state index is 13.8. The lowest BCUT2D eigenvalue weighted by molar-refractivity contribution is -0.104. The fourth-order valence-electron chi connectivity index (χ4n) is 7.12. The summed E-state index contributed by atoms with van der Waals surface area (Å²) < 4.78 is 12.0. The molecule has 41 heavy (non-hydrogen) atoms. The average Bonchev–Trinajstić information content (AvgIpc) is 3.68. The number of aryl methyl sites for hydroxylation is 2. The van der Waals surface area contributed by atoms with Crippen LogP contribution in [0.15, 0.2) is 23.0 Å². The zero-order chi connectivity index (χ0) is 29.3. The Bertz CT molecular complexity index is 1320. The monoisotopic (exact) mass is 564 g/mol. The van der Waals surface area contributed by atoms with Gasteiger partial charge in [0.25, 0.3) is 11.5 Å². The number of aromatic nitrogens is 1. The summed E-state index contributed by atoms with van der Waals surface area (Å²) in [6.07, 6.45) is 4.31. The molecule has 1 aromatic carbocycles. The zero-order valence-electron chi connectivity index (χ0n) is 25.7. The Morgan fingerprint density at radius 3 is 2.61 bits per heavy atom. The summed E-state index contributed by atoms with van der Waals surface area (Å²) in [4.78, 5) is 31.7. The number of carbonyl (C=O) groups is 1. The van der Waals surface area contributed by atoms with Gasteiger partial charge in [0.05, 0.1) is 11.7 Å². The van der Waals surface area contributed by atoms with E-state index < -0.39 is 0 Å². The smallest absolute Gasteiger partial charge is 0.253 e. The van der Waals surface area contributed by atoms with Gasteiger partial charge in [-0.05, 0) is 114 Å². The number of pyridine rings is 1. The summed E-state index contributed by atoms with van der Waals surface area (Å²) in [6.45, 7) is 16.8. The number of rotatable bonds is 9. The van der Waals surface area contributed by atoms with E-state index in [0.717, 1.165) is 81.0 Å². The molecule has 0 bridgehead atoms. The molecule has 8 nitrogen and oxygen atoms in total. The van der Waals surface area contributed by atoms with Gasteiger partial charge >= 0.3 is 0 Å². The molecule has 0 spiro atoms. The minimum Gasteiger partial charge on any atom is -0.381 e. The van der Waals surface area contributed by atoms with Crippen molar-refractivity contribution < 1.29 is 14.3 Å². The van der Waals surface area contributed by atoms with E-state index in [-0.39, 0.29) is 29.7 Å². The molecule has 2 aliphatic heterocycles. The Kier molecular flexibility index (Phi) is 8.92. The van der Waals surface area contributed by atoms with Crippen LogP contribution in [-0.4, -0.2) is 61.5 Å². The predicted octanol–water partition coefficient (Wildman–Crippen LogP) is 4.50. The summed E-state index contributed by atoms with van der Waals surface area (Å²) in [5, 5.41) is 6.60. The molecule has 5 rings (SSSR count). The second kappa shape index (κ2) is 12.3. The third-order valence-corrected chi connectivity index (χ3v) is 9.31. The molecule has 8 heteroatoms. The third kappa shape index (κ3) is 6.71. The van der Waals surface area contributed by atoms with Crippen LogP contribution in [0.3, 0.4) is 0 Å². The van der Waals surface area contributed by atoms with Crippen molar-refractivity contribution >= 4 is 11.6 Å². The second-order valence-corrected chi connectivity index (χ2v) is 12.8. The first-order valence-electron chi connectivity index (χ1n) is 15.4. The maximum Gasteiger partial charge on any atom is 0.253 e. The van der Waals surface area contributed by atoms with Crippen LogP contribution >= 0.6 is 0 Å². The quantitative estimate of drug-likeness (QED) is 0.415. The number of nitrogens with one attached hydrogen (secondary N) is 3. The number of anilines is 1. The van der Waals surface area contributed by atoms with Crippen LogP contribution in [0.4, 0.5) is 5.69 Å². The molecular formula is C33H48N4O4. The lowest BCUT2D eigenvalue weighted by Gasteiger charge is -2.38. The lowest BCUT2D eigenvalue weighted by Crippen LogP contribution is -2.51. The minimum absolute atomic E-state index is 0.134. The van der Waals surface area contributed by atoms with E-state index >= 15 is 0 Å². The van der Waals surface area contributed by atoms with Crippen LogP contribution in [0.5, 0.6) is 0 Å². The van der Waals surface area contributed by atoms with E-state index in [1.165, 1.54) is 5.56 Å². The van der Waals surface area contributed by atoms with Crippen molar-refractivity contribution in [2.45, 2.75) is 97.4 Å². The van der Waals surface area contributed by atoms with Crippen molar-refractivity contribution in [3.8, 4) is 0 Å². The summed E-state index contributed by atoms with van der Waals surface area (Å²) in [5.74, 6) is 0.811. The highest BCUT2D eigenvalue weighted by Crippen LogP contribution is 2.53. The topological polar surface area (TPSA) is 95.7 Å². The summed E-state index contributed by atoms with van der Waals surface area (Å²) in [7, 11) is 0. The summed E-state index contributed by atoms with van der Waals surface area (Å²) >= 11 is 0. The molecule has 1 aliphatic carbocycles. The number of nitrogens with zero attached hydrogens (tertiary/aromatic N) is 1. The molecule has 1 aromatic heterocycles. The SMILES string of the molecule is CCN(c1cc(C2CC2C[C@@]2(C)CNC[C@@H](C)O2)cc(C(=O)NCc2c(C)cc(C)[nH]c2=O)c1C)C1CCOCC1. The third-order valence-electron chi connectivity index (χ3n) is 9.31. The molecule has 3 fully saturated rings. The number of carbonyl (C=O) groups excluding carboxylic acids is 1. The van der Waals surface area contributed by atoms with Gasteiger partial charge in [0.2, 0.25) is 0 Å². The van der Waals surface area contributed by atoms with E-state index in [1.54, 1.807) is 0 Å². The molecule has 4 atom stereocenters. The van der Waals surface area contributed by atoms with Gasteiger partial charge in [0, 0.05) is 67.9 Å². The minimum atomic E-state index is -0.165. The molecular weight excluding hydrogens is 516 g/mol. The molecule has 1 amide bonds.